The van der Waals surface area contributed by atoms with E-state index in [1.54, 1.807) is 7.11 Å². The van der Waals surface area contributed by atoms with Crippen molar-refractivity contribution in [2.24, 2.45) is 4.99 Å². The zero-order valence-corrected chi connectivity index (χ0v) is 18.9. The third kappa shape index (κ3) is 7.40. The highest BCUT2D eigenvalue weighted by Crippen LogP contribution is 2.16. The van der Waals surface area contributed by atoms with Gasteiger partial charge in [-0.25, -0.2) is 4.79 Å². The van der Waals surface area contributed by atoms with Crippen LogP contribution in [0.4, 0.5) is 10.5 Å². The number of methoxy groups -OCH3 is 1. The molecule has 0 aromatic heterocycles. The Bertz CT molecular complexity index is 713. The Morgan fingerprint density at radius 1 is 1.13 bits per heavy atom. The fraction of sp³-hybridized carbons (Fsp3) is 0.652. The molecule has 0 atom stereocenters. The van der Waals surface area contributed by atoms with Crippen molar-refractivity contribution in [2.75, 3.05) is 58.9 Å². The summed E-state index contributed by atoms with van der Waals surface area (Å²) in [7, 11) is 3.54. The van der Waals surface area contributed by atoms with E-state index in [1.165, 1.54) is 0 Å². The van der Waals surface area contributed by atoms with Crippen LogP contribution < -0.4 is 10.6 Å². The third-order valence-corrected chi connectivity index (χ3v) is 5.82. The molecular weight excluding hydrogens is 394 g/mol. The van der Waals surface area contributed by atoms with E-state index < -0.39 is 0 Å². The lowest BCUT2D eigenvalue weighted by Gasteiger charge is -2.34. The lowest BCUT2D eigenvalue weighted by Crippen LogP contribution is -2.46. The average Bonchev–Trinajstić information content (AvgIpc) is 3.34. The largest absolute Gasteiger partial charge is 0.385 e. The fourth-order valence-electron chi connectivity index (χ4n) is 4.08. The molecule has 31 heavy (non-hydrogen) atoms. The maximum absolute atomic E-state index is 12.3. The summed E-state index contributed by atoms with van der Waals surface area (Å²) in [5.41, 5.74) is 1.94. The van der Waals surface area contributed by atoms with Crippen LogP contribution in [-0.2, 0) is 16.0 Å². The van der Waals surface area contributed by atoms with Crippen molar-refractivity contribution in [1.82, 2.24) is 15.1 Å². The molecular formula is C23H37N5O3. The number of carbonyl (C=O) groups excluding carboxylic acids is 1. The minimum absolute atomic E-state index is 0.00858. The van der Waals surface area contributed by atoms with Gasteiger partial charge < -0.3 is 29.9 Å². The lowest BCUT2D eigenvalue weighted by atomic mass is 10.1. The summed E-state index contributed by atoms with van der Waals surface area (Å²) >= 11 is 0. The van der Waals surface area contributed by atoms with Crippen molar-refractivity contribution in [3.05, 3.63) is 29.8 Å². The number of carbonyl (C=O) groups is 1. The molecule has 1 aromatic carbocycles. The van der Waals surface area contributed by atoms with Gasteiger partial charge in [0.25, 0.3) is 0 Å². The molecule has 1 aromatic rings. The molecule has 0 spiro atoms. The van der Waals surface area contributed by atoms with Crippen LogP contribution >= 0.6 is 0 Å². The molecule has 2 fully saturated rings. The number of aliphatic imine (C=N–C) groups is 1. The van der Waals surface area contributed by atoms with Crippen LogP contribution in [0.25, 0.3) is 0 Å². The first-order valence-electron chi connectivity index (χ1n) is 11.4. The highest BCUT2D eigenvalue weighted by molar-refractivity contribution is 5.89. The van der Waals surface area contributed by atoms with Gasteiger partial charge >= 0.3 is 6.03 Å². The highest BCUT2D eigenvalue weighted by atomic mass is 16.5. The zero-order chi connectivity index (χ0) is 21.9. The number of urea groups is 1. The summed E-state index contributed by atoms with van der Waals surface area (Å²) in [4.78, 5) is 20.9. The standard InChI is InChI=1S/C23H37N5O3/c1-24-22(27-13-9-21(10-14-27)31-16-6-15-30-2)25-18-19-7-5-8-20(17-19)26-23(29)28-11-3-4-12-28/h5,7-8,17,21H,3-4,6,9-16,18H2,1-2H3,(H,24,25)(H,26,29). The Labute approximate surface area is 186 Å². The van der Waals surface area contributed by atoms with Crippen molar-refractivity contribution in [1.29, 1.82) is 0 Å². The Hall–Kier alpha value is -2.32. The zero-order valence-electron chi connectivity index (χ0n) is 18.9. The van der Waals surface area contributed by atoms with Gasteiger partial charge in [0.2, 0.25) is 0 Å². The second kappa shape index (κ2) is 12.5. The van der Waals surface area contributed by atoms with Crippen molar-refractivity contribution in [2.45, 2.75) is 44.8 Å². The maximum atomic E-state index is 12.3. The van der Waals surface area contributed by atoms with Gasteiger partial charge in [-0.1, -0.05) is 12.1 Å². The number of nitrogens with zero attached hydrogens (tertiary/aromatic N) is 3. The molecule has 0 aliphatic carbocycles. The Morgan fingerprint density at radius 3 is 2.61 bits per heavy atom. The summed E-state index contributed by atoms with van der Waals surface area (Å²) in [6.07, 6.45) is 5.46. The number of hydrogen-bond acceptors (Lipinski definition) is 4. The Morgan fingerprint density at radius 2 is 1.90 bits per heavy atom. The predicted molar refractivity (Wildman–Crippen MR) is 124 cm³/mol. The first-order chi connectivity index (χ1) is 15.2. The van der Waals surface area contributed by atoms with Crippen LogP contribution in [-0.4, -0.2) is 81.4 Å². The predicted octanol–water partition coefficient (Wildman–Crippen LogP) is 2.91. The molecule has 2 aliphatic rings. The van der Waals surface area contributed by atoms with E-state index in [0.717, 1.165) is 88.7 Å². The summed E-state index contributed by atoms with van der Waals surface area (Å²) in [6.45, 7) is 5.72. The second-order valence-corrected chi connectivity index (χ2v) is 8.13. The summed E-state index contributed by atoms with van der Waals surface area (Å²) in [5.74, 6) is 0.907. The first-order valence-corrected chi connectivity index (χ1v) is 11.4. The summed E-state index contributed by atoms with van der Waals surface area (Å²) < 4.78 is 11.0. The fourth-order valence-corrected chi connectivity index (χ4v) is 4.08. The number of nitrogens with one attached hydrogen (secondary N) is 2. The molecule has 0 radical (unpaired) electrons. The number of piperidine rings is 1. The minimum atomic E-state index is -0.00858. The van der Waals surface area contributed by atoms with Crippen molar-refractivity contribution in [3.8, 4) is 0 Å². The smallest absolute Gasteiger partial charge is 0.321 e. The van der Waals surface area contributed by atoms with E-state index in [1.807, 2.05) is 30.1 Å². The van der Waals surface area contributed by atoms with E-state index in [2.05, 4.69) is 26.6 Å². The SMILES string of the molecule is CN=C(NCc1cccc(NC(=O)N2CCCC2)c1)N1CCC(OCCCOC)CC1. The van der Waals surface area contributed by atoms with Gasteiger partial charge in [-0.2, -0.15) is 0 Å². The lowest BCUT2D eigenvalue weighted by molar-refractivity contribution is 0.00989. The topological polar surface area (TPSA) is 78.4 Å². The van der Waals surface area contributed by atoms with Crippen LogP contribution in [0, 0.1) is 0 Å². The molecule has 3 rings (SSSR count). The van der Waals surface area contributed by atoms with Crippen LogP contribution in [0.15, 0.2) is 29.3 Å². The van der Waals surface area contributed by atoms with Gasteiger partial charge in [0.1, 0.15) is 0 Å². The summed E-state index contributed by atoms with van der Waals surface area (Å²) in [5, 5.41) is 6.48. The summed E-state index contributed by atoms with van der Waals surface area (Å²) in [6, 6.07) is 7.99. The molecule has 2 saturated heterocycles. The number of hydrogen-bond donors (Lipinski definition) is 2. The molecule has 2 heterocycles. The van der Waals surface area contributed by atoms with Gasteiger partial charge in [0, 0.05) is 65.8 Å². The molecule has 172 valence electrons. The Kier molecular flexibility index (Phi) is 9.42. The van der Waals surface area contributed by atoms with Gasteiger partial charge in [0.05, 0.1) is 6.10 Å². The van der Waals surface area contributed by atoms with E-state index in [9.17, 15) is 4.79 Å². The van der Waals surface area contributed by atoms with Gasteiger partial charge in [-0.15, -0.1) is 0 Å². The molecule has 8 nitrogen and oxygen atoms in total. The van der Waals surface area contributed by atoms with Crippen molar-refractivity contribution >= 4 is 17.7 Å². The molecule has 0 bridgehead atoms. The van der Waals surface area contributed by atoms with Gasteiger partial charge in [0.15, 0.2) is 5.96 Å². The average molecular weight is 432 g/mol. The van der Waals surface area contributed by atoms with Gasteiger partial charge in [-0.3, -0.25) is 4.99 Å². The third-order valence-electron chi connectivity index (χ3n) is 5.82. The van der Waals surface area contributed by atoms with E-state index in [0.29, 0.717) is 12.6 Å². The number of guanidine groups is 1. The molecule has 0 unspecified atom stereocenters. The molecule has 8 heteroatoms. The maximum Gasteiger partial charge on any atom is 0.321 e. The number of anilines is 1. The number of rotatable bonds is 8. The van der Waals surface area contributed by atoms with Crippen molar-refractivity contribution in [3.63, 3.8) is 0 Å². The normalized spacial score (nSPS) is 17.8. The quantitative estimate of drug-likeness (QED) is 0.376. The molecule has 0 saturated carbocycles. The molecule has 2 aliphatic heterocycles. The number of likely N-dealkylation sites (tertiary alicyclic amines) is 2. The number of amides is 2. The van der Waals surface area contributed by atoms with E-state index >= 15 is 0 Å². The monoisotopic (exact) mass is 431 g/mol. The highest BCUT2D eigenvalue weighted by Gasteiger charge is 2.22. The van der Waals surface area contributed by atoms with E-state index in [-0.39, 0.29) is 6.03 Å². The first kappa shape index (κ1) is 23.3. The minimum Gasteiger partial charge on any atom is -0.385 e. The van der Waals surface area contributed by atoms with Crippen LogP contribution in [0.2, 0.25) is 0 Å². The van der Waals surface area contributed by atoms with Crippen LogP contribution in [0.1, 0.15) is 37.7 Å². The molecule has 2 N–H and O–H groups in total. The van der Waals surface area contributed by atoms with Crippen LogP contribution in [0.3, 0.4) is 0 Å². The molecule has 2 amide bonds. The number of benzene rings is 1. The van der Waals surface area contributed by atoms with Crippen LogP contribution in [0.5, 0.6) is 0 Å². The number of ether oxygens (including phenoxy) is 2. The second-order valence-electron chi connectivity index (χ2n) is 8.13. The Balaban J connectivity index is 1.43. The van der Waals surface area contributed by atoms with Gasteiger partial charge in [-0.05, 0) is 49.8 Å². The van der Waals surface area contributed by atoms with E-state index in [4.69, 9.17) is 9.47 Å². The van der Waals surface area contributed by atoms with Crippen molar-refractivity contribution < 1.29 is 14.3 Å².